The smallest absolute Gasteiger partial charge is 0.243 e. The van der Waals surface area contributed by atoms with E-state index in [0.29, 0.717) is 40.9 Å². The van der Waals surface area contributed by atoms with Gasteiger partial charge in [0, 0.05) is 41.5 Å². The molecular formula is C32H38Cl2N2O2. The molecule has 38 heavy (non-hydrogen) atoms. The van der Waals surface area contributed by atoms with Crippen LogP contribution in [0.1, 0.15) is 68.2 Å². The maximum atomic E-state index is 13.8. The van der Waals surface area contributed by atoms with Gasteiger partial charge < -0.3 is 10.2 Å². The van der Waals surface area contributed by atoms with Crippen molar-refractivity contribution in [2.24, 2.45) is 0 Å². The fourth-order valence-electron chi connectivity index (χ4n) is 4.38. The number of rotatable bonds is 13. The van der Waals surface area contributed by atoms with Crippen LogP contribution in [0, 0.1) is 0 Å². The average Bonchev–Trinajstić information content (AvgIpc) is 2.91. The van der Waals surface area contributed by atoms with Gasteiger partial charge in [0.05, 0.1) is 0 Å². The number of unbranched alkanes of at least 4 members (excludes halogenated alkanes) is 1. The molecule has 0 aliphatic rings. The van der Waals surface area contributed by atoms with Gasteiger partial charge in [-0.2, -0.15) is 0 Å². The highest BCUT2D eigenvalue weighted by molar-refractivity contribution is 6.36. The molecule has 0 spiro atoms. The van der Waals surface area contributed by atoms with Gasteiger partial charge in [-0.3, -0.25) is 9.59 Å². The molecule has 0 unspecified atom stereocenters. The molecular weight excluding hydrogens is 515 g/mol. The van der Waals surface area contributed by atoms with Crippen LogP contribution in [0.2, 0.25) is 10.0 Å². The van der Waals surface area contributed by atoms with Crippen molar-refractivity contribution < 1.29 is 9.59 Å². The number of nitrogens with zero attached hydrogens (tertiary/aromatic N) is 1. The summed E-state index contributed by atoms with van der Waals surface area (Å²) in [6, 6.07) is 22.8. The Bertz CT molecular complexity index is 1160. The highest BCUT2D eigenvalue weighted by Gasteiger charge is 2.31. The normalized spacial score (nSPS) is 11.8. The van der Waals surface area contributed by atoms with Gasteiger partial charge in [0.15, 0.2) is 0 Å². The van der Waals surface area contributed by atoms with Crippen LogP contribution < -0.4 is 5.32 Å². The summed E-state index contributed by atoms with van der Waals surface area (Å²) in [4.78, 5) is 29.0. The van der Waals surface area contributed by atoms with E-state index in [0.717, 1.165) is 24.0 Å². The maximum Gasteiger partial charge on any atom is 0.243 e. The quantitative estimate of drug-likeness (QED) is 0.222. The molecule has 3 aromatic carbocycles. The van der Waals surface area contributed by atoms with E-state index >= 15 is 0 Å². The van der Waals surface area contributed by atoms with Crippen molar-refractivity contribution in [1.82, 2.24) is 10.2 Å². The van der Waals surface area contributed by atoms with Crippen molar-refractivity contribution in [2.45, 2.75) is 71.4 Å². The summed E-state index contributed by atoms with van der Waals surface area (Å²) in [5.41, 5.74) is 3.98. The zero-order chi connectivity index (χ0) is 27.5. The van der Waals surface area contributed by atoms with Gasteiger partial charge in [-0.05, 0) is 47.6 Å². The fourth-order valence-corrected chi connectivity index (χ4v) is 4.89. The number of halogens is 2. The lowest BCUT2D eigenvalue weighted by molar-refractivity contribution is -0.141. The molecule has 0 aliphatic carbocycles. The van der Waals surface area contributed by atoms with Crippen molar-refractivity contribution in [3.63, 3.8) is 0 Å². The Morgan fingerprint density at radius 3 is 2.13 bits per heavy atom. The molecule has 0 fully saturated rings. The molecule has 2 amide bonds. The molecule has 0 saturated carbocycles. The van der Waals surface area contributed by atoms with Crippen molar-refractivity contribution in [2.75, 3.05) is 6.54 Å². The molecule has 0 heterocycles. The lowest BCUT2D eigenvalue weighted by atomic mass is 9.99. The minimum atomic E-state index is -0.697. The number of hydrogen-bond acceptors (Lipinski definition) is 2. The van der Waals surface area contributed by atoms with E-state index in [9.17, 15) is 9.59 Å². The van der Waals surface area contributed by atoms with E-state index in [4.69, 9.17) is 23.2 Å². The zero-order valence-electron chi connectivity index (χ0n) is 22.6. The molecule has 6 heteroatoms. The van der Waals surface area contributed by atoms with E-state index in [2.05, 4.69) is 50.4 Å². The van der Waals surface area contributed by atoms with Crippen LogP contribution in [-0.2, 0) is 29.0 Å². The monoisotopic (exact) mass is 552 g/mol. The van der Waals surface area contributed by atoms with Gasteiger partial charge in [-0.1, -0.05) is 111 Å². The van der Waals surface area contributed by atoms with Gasteiger partial charge in [0.2, 0.25) is 11.8 Å². The number of hydrogen-bond donors (Lipinski definition) is 1. The summed E-state index contributed by atoms with van der Waals surface area (Å²) >= 11 is 13.0. The van der Waals surface area contributed by atoms with Crippen LogP contribution in [-0.4, -0.2) is 29.3 Å². The second kappa shape index (κ2) is 14.9. The summed E-state index contributed by atoms with van der Waals surface area (Å²) in [6.07, 6.45) is 3.10. The highest BCUT2D eigenvalue weighted by Crippen LogP contribution is 2.28. The Kier molecular flexibility index (Phi) is 11.7. The Balaban J connectivity index is 1.91. The first-order valence-corrected chi connectivity index (χ1v) is 14.2. The number of amides is 2. The van der Waals surface area contributed by atoms with Gasteiger partial charge in [0.1, 0.15) is 6.04 Å². The summed E-state index contributed by atoms with van der Waals surface area (Å²) in [6.45, 7) is 7.12. The molecule has 202 valence electrons. The lowest BCUT2D eigenvalue weighted by Gasteiger charge is -2.32. The van der Waals surface area contributed by atoms with Gasteiger partial charge in [-0.15, -0.1) is 0 Å². The highest BCUT2D eigenvalue weighted by atomic mass is 35.5. The second-order valence-electron chi connectivity index (χ2n) is 9.97. The van der Waals surface area contributed by atoms with Crippen LogP contribution in [0.5, 0.6) is 0 Å². The number of benzene rings is 3. The number of carbonyl (C=O) groups excluding carboxylic acids is 2. The molecule has 1 atom stereocenters. The minimum Gasteiger partial charge on any atom is -0.354 e. The number of nitrogens with one attached hydrogen (secondary N) is 1. The number of carbonyl (C=O) groups is 2. The van der Waals surface area contributed by atoms with E-state index < -0.39 is 6.04 Å². The van der Waals surface area contributed by atoms with Crippen molar-refractivity contribution in [3.8, 4) is 0 Å². The first-order chi connectivity index (χ1) is 18.3. The Hall–Kier alpha value is -2.82. The molecule has 0 saturated heterocycles. The summed E-state index contributed by atoms with van der Waals surface area (Å²) < 4.78 is 0. The Labute approximate surface area is 237 Å². The standard InChI is InChI=1S/C32H38Cl2N2O2/c1-4-5-20-35-32(38)30(21-25-10-7-6-8-11-25)36(22-27-28(33)12-9-13-29(27)34)31(37)19-16-24-14-17-26(18-15-24)23(2)3/h6-15,17-18,23,30H,4-5,16,19-22H2,1-3H3,(H,35,38)/t30-/m0/s1. The molecule has 3 aromatic rings. The van der Waals surface area contributed by atoms with Gasteiger partial charge in [0.25, 0.3) is 0 Å². The van der Waals surface area contributed by atoms with Crippen molar-refractivity contribution >= 4 is 35.0 Å². The fraction of sp³-hybridized carbons (Fsp3) is 0.375. The summed E-state index contributed by atoms with van der Waals surface area (Å²) in [5, 5.41) is 4.00. The second-order valence-corrected chi connectivity index (χ2v) is 10.8. The van der Waals surface area contributed by atoms with Crippen molar-refractivity contribution in [3.05, 3.63) is 105 Å². The van der Waals surface area contributed by atoms with Gasteiger partial charge >= 0.3 is 0 Å². The third-order valence-electron chi connectivity index (χ3n) is 6.76. The van der Waals surface area contributed by atoms with Crippen LogP contribution in [0.4, 0.5) is 0 Å². The third-order valence-corrected chi connectivity index (χ3v) is 7.47. The van der Waals surface area contributed by atoms with E-state index in [1.54, 1.807) is 23.1 Å². The lowest BCUT2D eigenvalue weighted by Crippen LogP contribution is -2.50. The first-order valence-electron chi connectivity index (χ1n) is 13.4. The first kappa shape index (κ1) is 29.7. The molecule has 3 rings (SSSR count). The van der Waals surface area contributed by atoms with Gasteiger partial charge in [-0.25, -0.2) is 0 Å². The van der Waals surface area contributed by atoms with Crippen LogP contribution in [0.25, 0.3) is 0 Å². The zero-order valence-corrected chi connectivity index (χ0v) is 24.1. The van der Waals surface area contributed by atoms with Crippen LogP contribution in [0.3, 0.4) is 0 Å². The number of aryl methyl sites for hydroxylation is 1. The molecule has 1 N–H and O–H groups in total. The van der Waals surface area contributed by atoms with Crippen molar-refractivity contribution in [1.29, 1.82) is 0 Å². The predicted molar refractivity (Wildman–Crippen MR) is 158 cm³/mol. The Morgan fingerprint density at radius 1 is 0.868 bits per heavy atom. The van der Waals surface area contributed by atoms with Crippen LogP contribution in [0.15, 0.2) is 72.8 Å². The molecule has 0 radical (unpaired) electrons. The topological polar surface area (TPSA) is 49.4 Å². The van der Waals surface area contributed by atoms with E-state index in [1.807, 2.05) is 30.3 Å². The molecule has 4 nitrogen and oxygen atoms in total. The SMILES string of the molecule is CCCCNC(=O)[C@H](Cc1ccccc1)N(Cc1c(Cl)cccc1Cl)C(=O)CCc1ccc(C(C)C)cc1. The Morgan fingerprint density at radius 2 is 1.53 bits per heavy atom. The summed E-state index contributed by atoms with van der Waals surface area (Å²) in [5.74, 6) is 0.173. The predicted octanol–water partition coefficient (Wildman–Crippen LogP) is 7.61. The maximum absolute atomic E-state index is 13.8. The van der Waals surface area contributed by atoms with E-state index in [1.165, 1.54) is 5.56 Å². The van der Waals surface area contributed by atoms with E-state index in [-0.39, 0.29) is 24.8 Å². The molecule has 0 bridgehead atoms. The molecule has 0 aliphatic heterocycles. The van der Waals surface area contributed by atoms with Crippen LogP contribution >= 0.6 is 23.2 Å². The minimum absolute atomic E-state index is 0.111. The third kappa shape index (κ3) is 8.61. The largest absolute Gasteiger partial charge is 0.354 e. The molecule has 0 aromatic heterocycles. The summed E-state index contributed by atoms with van der Waals surface area (Å²) in [7, 11) is 0. The average molecular weight is 554 g/mol.